The molecule has 3 aromatic rings. The number of primary amides is 1. The predicted octanol–water partition coefficient (Wildman–Crippen LogP) is 3.14. The van der Waals surface area contributed by atoms with Crippen LogP contribution in [0.25, 0.3) is 10.8 Å². The van der Waals surface area contributed by atoms with E-state index in [1.807, 2.05) is 30.3 Å². The van der Waals surface area contributed by atoms with Crippen LogP contribution < -0.4 is 16.4 Å². The van der Waals surface area contributed by atoms with Crippen LogP contribution in [0.3, 0.4) is 0 Å². The fraction of sp³-hybridized carbons (Fsp3) is 0.561. The normalized spacial score (nSPS) is 22.6. The zero-order chi connectivity index (χ0) is 41.0. The lowest BCUT2D eigenvalue weighted by Crippen LogP contribution is -2.56. The van der Waals surface area contributed by atoms with E-state index in [-0.39, 0.29) is 32.4 Å². The van der Waals surface area contributed by atoms with Gasteiger partial charge in [-0.3, -0.25) is 24.0 Å². The quantitative estimate of drug-likeness (QED) is 0.0992. The molecule has 2 heterocycles. The molecule has 306 valence electrons. The molecule has 3 fully saturated rings. The minimum Gasteiger partial charge on any atom is -0.465 e. The summed E-state index contributed by atoms with van der Waals surface area (Å²) in [5.41, 5.74) is 4.77. The van der Waals surface area contributed by atoms with E-state index in [1.54, 1.807) is 26.0 Å². The zero-order valence-electron chi connectivity index (χ0n) is 32.8. The van der Waals surface area contributed by atoms with Gasteiger partial charge in [-0.25, -0.2) is 9.48 Å². The van der Waals surface area contributed by atoms with Crippen molar-refractivity contribution in [3.63, 3.8) is 0 Å². The molecule has 2 aliphatic carbocycles. The molecule has 6 rings (SSSR count). The zero-order valence-corrected chi connectivity index (χ0v) is 32.8. The maximum Gasteiger partial charge on any atom is 0.407 e. The van der Waals surface area contributed by atoms with Gasteiger partial charge in [0.15, 0.2) is 0 Å². The number of fused-ring (bicyclic) bond motifs is 3. The molecule has 57 heavy (non-hydrogen) atoms. The fourth-order valence-electron chi connectivity index (χ4n) is 9.08. The number of hydrogen-bond acceptors (Lipinski definition) is 9. The number of aromatic nitrogens is 3. The monoisotopic (exact) mass is 786 g/mol. The maximum atomic E-state index is 14.9. The first kappa shape index (κ1) is 41.3. The molecule has 1 aromatic heterocycles. The molecule has 16 heteroatoms. The van der Waals surface area contributed by atoms with Crippen LogP contribution in [0.2, 0.25) is 0 Å². The van der Waals surface area contributed by atoms with Crippen molar-refractivity contribution in [2.75, 3.05) is 20.1 Å². The largest absolute Gasteiger partial charge is 0.465 e. The topological polar surface area (TPSA) is 230 Å². The number of unbranched alkanes of at least 4 members (excludes halogenated alkanes) is 1. The highest BCUT2D eigenvalue weighted by molar-refractivity contribution is 6.37. The van der Waals surface area contributed by atoms with E-state index >= 15 is 0 Å². The van der Waals surface area contributed by atoms with Gasteiger partial charge in [0.2, 0.25) is 17.6 Å². The number of ketones is 1. The van der Waals surface area contributed by atoms with Crippen LogP contribution in [0, 0.1) is 17.8 Å². The van der Waals surface area contributed by atoms with Crippen molar-refractivity contribution in [1.82, 2.24) is 35.4 Å². The number of nitrogens with zero attached hydrogens (tertiary/aromatic N) is 5. The van der Waals surface area contributed by atoms with Crippen LogP contribution >= 0.6 is 0 Å². The second kappa shape index (κ2) is 17.4. The van der Waals surface area contributed by atoms with Crippen molar-refractivity contribution < 1.29 is 39.0 Å². The number of carboxylic acid groups (broad SMARTS) is 1. The number of nitrogens with one attached hydrogen (secondary N) is 2. The highest BCUT2D eigenvalue weighted by atomic mass is 16.4. The van der Waals surface area contributed by atoms with E-state index in [0.717, 1.165) is 34.9 Å². The lowest BCUT2D eigenvalue weighted by molar-refractivity contribution is -0.142. The van der Waals surface area contributed by atoms with Gasteiger partial charge in [-0.15, -0.1) is 5.10 Å². The van der Waals surface area contributed by atoms with E-state index in [0.29, 0.717) is 41.9 Å². The summed E-state index contributed by atoms with van der Waals surface area (Å²) < 4.78 is 1.50. The summed E-state index contributed by atoms with van der Waals surface area (Å²) in [5.74, 6) is -2.15. The number of Topliss-reactive ketones (excluding diaryl/α,β-unsaturated/α-hetero) is 1. The summed E-state index contributed by atoms with van der Waals surface area (Å²) in [6, 6.07) is 8.93. The van der Waals surface area contributed by atoms with E-state index in [9.17, 15) is 39.0 Å². The number of carbonyl (C=O) groups excluding carboxylic acids is 5. The predicted molar refractivity (Wildman–Crippen MR) is 208 cm³/mol. The maximum absolute atomic E-state index is 14.9. The molecule has 3 unspecified atom stereocenters. The summed E-state index contributed by atoms with van der Waals surface area (Å²) in [6.45, 7) is 3.30. The summed E-state index contributed by atoms with van der Waals surface area (Å²) in [4.78, 5) is 81.9. The van der Waals surface area contributed by atoms with Crippen molar-refractivity contribution in [1.29, 1.82) is 0 Å². The van der Waals surface area contributed by atoms with Crippen molar-refractivity contribution in [2.45, 2.75) is 108 Å². The molecule has 3 aliphatic rings. The van der Waals surface area contributed by atoms with E-state index < -0.39 is 65.3 Å². The first-order chi connectivity index (χ1) is 27.1. The van der Waals surface area contributed by atoms with Crippen LogP contribution in [0.4, 0.5) is 4.79 Å². The summed E-state index contributed by atoms with van der Waals surface area (Å²) in [5, 5.41) is 35.9. The van der Waals surface area contributed by atoms with Gasteiger partial charge in [-0.05, 0) is 106 Å². The van der Waals surface area contributed by atoms with Crippen LogP contribution in [0.1, 0.15) is 100 Å². The van der Waals surface area contributed by atoms with E-state index in [4.69, 9.17) is 5.73 Å². The van der Waals surface area contributed by atoms with Gasteiger partial charge in [-0.1, -0.05) is 42.0 Å². The lowest BCUT2D eigenvalue weighted by Gasteiger charge is -2.31. The second-order valence-corrected chi connectivity index (χ2v) is 16.6. The molecule has 2 bridgehead atoms. The number of carbonyl (C=O) groups is 6. The third-order valence-corrected chi connectivity index (χ3v) is 12.2. The molecule has 1 aliphatic heterocycles. The number of hydrogen-bond donors (Lipinski definition) is 5. The Balaban J connectivity index is 1.27. The third kappa shape index (κ3) is 9.60. The molecule has 2 aromatic carbocycles. The Labute approximate surface area is 331 Å². The van der Waals surface area contributed by atoms with Gasteiger partial charge in [-0.2, -0.15) is 0 Å². The molecular formula is C41H54N8O8. The van der Waals surface area contributed by atoms with Crippen molar-refractivity contribution in [3.05, 3.63) is 59.9 Å². The third-order valence-electron chi connectivity index (χ3n) is 12.2. The Bertz CT molecular complexity index is 1990. The van der Waals surface area contributed by atoms with Gasteiger partial charge >= 0.3 is 6.09 Å². The Kier molecular flexibility index (Phi) is 12.6. The number of rotatable bonds is 17. The van der Waals surface area contributed by atoms with Crippen molar-refractivity contribution >= 4 is 46.3 Å². The van der Waals surface area contributed by atoms with Crippen LogP contribution in [-0.2, 0) is 24.8 Å². The molecule has 0 radical (unpaired) electrons. The highest BCUT2D eigenvalue weighted by Gasteiger charge is 2.46. The molecular weight excluding hydrogens is 732 g/mol. The SMILES string of the molecule is CN(CCCCC(NC(=O)[C@@H]1C[C@H](n2nncc2C(C)(C)O)CN1C(=O)C(CCC1C[C@@H]2CC[C@H]1C2)NC(=O)c1ccc2ccccc2c1)C(=O)C(N)=O)C(=O)O. The van der Waals surface area contributed by atoms with Crippen LogP contribution in [-0.4, -0.2) is 109 Å². The Morgan fingerprint density at radius 3 is 2.39 bits per heavy atom. The molecule has 2 saturated carbocycles. The first-order valence-electron chi connectivity index (χ1n) is 19.9. The average Bonchev–Trinajstić information content (AvgIpc) is 4.01. The molecule has 7 atom stereocenters. The smallest absolute Gasteiger partial charge is 0.407 e. The summed E-state index contributed by atoms with van der Waals surface area (Å²) >= 11 is 0. The highest BCUT2D eigenvalue weighted by Crippen LogP contribution is 2.50. The van der Waals surface area contributed by atoms with Crippen molar-refractivity contribution in [3.8, 4) is 0 Å². The van der Waals surface area contributed by atoms with Gasteiger partial charge in [0.05, 0.1) is 24.0 Å². The van der Waals surface area contributed by atoms with Gasteiger partial charge < -0.3 is 36.4 Å². The summed E-state index contributed by atoms with van der Waals surface area (Å²) in [7, 11) is 1.41. The Morgan fingerprint density at radius 2 is 1.72 bits per heavy atom. The van der Waals surface area contributed by atoms with Crippen molar-refractivity contribution in [2.24, 2.45) is 23.5 Å². The molecule has 5 amide bonds. The molecule has 16 nitrogen and oxygen atoms in total. The average molecular weight is 787 g/mol. The van der Waals surface area contributed by atoms with Crippen LogP contribution in [0.15, 0.2) is 48.7 Å². The standard InChI is InChI=1S/C41H54N8O8/c1-41(2,57)34-22-43-46-49(34)30-21-33(38(53)44-31(35(50)36(42)51)10-6-7-17-47(3)40(55)56)48(23-30)39(54)32(16-15-28-19-24-11-12-27(28)18-24)45-37(52)29-14-13-25-8-4-5-9-26(25)20-29/h4-5,8-9,13-14,20,22,24,27-28,30-33,57H,6-7,10-12,15-19,21,23H2,1-3H3,(H2,42,51)(H,44,53)(H,45,52)(H,55,56)/t24-,27+,28?,30+,31?,32?,33+/m1/s1. The summed E-state index contributed by atoms with van der Waals surface area (Å²) in [6.07, 6.45) is 6.73. The Hall–Kier alpha value is -5.38. The fourth-order valence-corrected chi connectivity index (χ4v) is 9.08. The van der Waals surface area contributed by atoms with Gasteiger partial charge in [0.1, 0.15) is 17.7 Å². The number of amides is 5. The molecule has 0 spiro atoms. The first-order valence-corrected chi connectivity index (χ1v) is 19.9. The minimum absolute atomic E-state index is 0.00494. The van der Waals surface area contributed by atoms with Gasteiger partial charge in [0.25, 0.3) is 11.8 Å². The second-order valence-electron chi connectivity index (χ2n) is 16.6. The molecule has 6 N–H and O–H groups in total. The number of benzene rings is 2. The van der Waals surface area contributed by atoms with Gasteiger partial charge in [0, 0.05) is 32.1 Å². The number of likely N-dealkylation sites (tertiary alicyclic amines) is 1. The number of nitrogens with two attached hydrogens (primary N) is 1. The minimum atomic E-state index is -1.36. The van der Waals surface area contributed by atoms with E-state index in [1.165, 1.54) is 35.7 Å². The Morgan fingerprint density at radius 1 is 0.965 bits per heavy atom. The molecule has 1 saturated heterocycles. The number of aliphatic hydroxyl groups is 1. The lowest BCUT2D eigenvalue weighted by atomic mass is 9.84. The van der Waals surface area contributed by atoms with Crippen LogP contribution in [0.5, 0.6) is 0 Å². The van der Waals surface area contributed by atoms with E-state index in [2.05, 4.69) is 20.9 Å².